The van der Waals surface area contributed by atoms with Crippen molar-refractivity contribution < 1.29 is 4.39 Å². The van der Waals surface area contributed by atoms with Gasteiger partial charge < -0.3 is 10.6 Å². The highest BCUT2D eigenvalue weighted by Gasteiger charge is 2.56. The minimum atomic E-state index is -0.195. The second kappa shape index (κ2) is 3.45. The number of nitrogens with zero attached hydrogens (tertiary/aromatic N) is 1. The Morgan fingerprint density at radius 1 is 1.31 bits per heavy atom. The van der Waals surface area contributed by atoms with Crippen molar-refractivity contribution in [3.8, 4) is 0 Å². The fraction of sp³-hybridized carbons (Fsp3) is 0.538. The van der Waals surface area contributed by atoms with Crippen LogP contribution in [-0.2, 0) is 0 Å². The van der Waals surface area contributed by atoms with E-state index in [0.29, 0.717) is 5.92 Å². The van der Waals surface area contributed by atoms with Gasteiger partial charge in [-0.3, -0.25) is 0 Å². The Hall–Kier alpha value is -1.09. The van der Waals surface area contributed by atoms with Crippen LogP contribution in [0.5, 0.6) is 0 Å². The molecule has 2 rings (SSSR count). The summed E-state index contributed by atoms with van der Waals surface area (Å²) in [5.74, 6) is 0.143. The van der Waals surface area contributed by atoms with Crippen LogP contribution in [0.4, 0.5) is 10.1 Å². The van der Waals surface area contributed by atoms with Crippen molar-refractivity contribution in [2.24, 2.45) is 11.1 Å². The molecule has 0 radical (unpaired) electrons. The Morgan fingerprint density at radius 3 is 2.31 bits per heavy atom. The third-order valence-corrected chi connectivity index (χ3v) is 3.72. The van der Waals surface area contributed by atoms with Gasteiger partial charge >= 0.3 is 0 Å². The lowest BCUT2D eigenvalue weighted by atomic mass is 10.0. The van der Waals surface area contributed by atoms with E-state index in [4.69, 9.17) is 5.73 Å². The van der Waals surface area contributed by atoms with Gasteiger partial charge in [0.15, 0.2) is 0 Å². The Morgan fingerprint density at radius 2 is 1.88 bits per heavy atom. The summed E-state index contributed by atoms with van der Waals surface area (Å²) in [6.07, 6.45) is 0. The van der Waals surface area contributed by atoms with Crippen LogP contribution in [0.3, 0.4) is 0 Å². The first-order valence-corrected chi connectivity index (χ1v) is 5.58. The predicted octanol–water partition coefficient (Wildman–Crippen LogP) is 2.34. The van der Waals surface area contributed by atoms with E-state index >= 15 is 0 Å². The number of hydrogen-bond donors (Lipinski definition) is 1. The number of nitrogens with two attached hydrogens (primary N) is 1. The highest BCUT2D eigenvalue weighted by molar-refractivity contribution is 5.58. The monoisotopic (exact) mass is 222 g/mol. The molecule has 1 aromatic rings. The zero-order valence-corrected chi connectivity index (χ0v) is 10.3. The van der Waals surface area contributed by atoms with E-state index in [1.165, 1.54) is 6.07 Å². The molecule has 1 fully saturated rings. The number of benzene rings is 1. The molecule has 2 atom stereocenters. The van der Waals surface area contributed by atoms with Gasteiger partial charge in [-0.15, -0.1) is 0 Å². The van der Waals surface area contributed by atoms with Gasteiger partial charge in [0.1, 0.15) is 5.82 Å². The van der Waals surface area contributed by atoms with E-state index in [1.807, 2.05) is 25.1 Å². The molecule has 88 valence electrons. The summed E-state index contributed by atoms with van der Waals surface area (Å²) in [6.45, 7) is 4.32. The van der Waals surface area contributed by atoms with Gasteiger partial charge in [0.2, 0.25) is 0 Å². The number of anilines is 1. The highest BCUT2D eigenvalue weighted by atomic mass is 19.1. The molecule has 2 nitrogen and oxygen atoms in total. The van der Waals surface area contributed by atoms with Crippen molar-refractivity contribution in [3.05, 3.63) is 29.6 Å². The second-order valence-electron chi connectivity index (χ2n) is 5.42. The summed E-state index contributed by atoms with van der Waals surface area (Å²) in [7, 11) is 3.86. The molecule has 1 aliphatic rings. The maximum atomic E-state index is 13.2. The average molecular weight is 222 g/mol. The Balaban J connectivity index is 2.43. The van der Waals surface area contributed by atoms with E-state index in [0.717, 1.165) is 11.3 Å². The van der Waals surface area contributed by atoms with Gasteiger partial charge in [-0.25, -0.2) is 4.39 Å². The van der Waals surface area contributed by atoms with Crippen LogP contribution in [0.15, 0.2) is 18.2 Å². The number of rotatable bonds is 2. The van der Waals surface area contributed by atoms with Crippen molar-refractivity contribution >= 4 is 5.69 Å². The second-order valence-corrected chi connectivity index (χ2v) is 5.42. The minimum Gasteiger partial charge on any atom is -0.377 e. The molecule has 1 aromatic carbocycles. The number of hydrogen-bond acceptors (Lipinski definition) is 2. The molecule has 0 aromatic heterocycles. The maximum Gasteiger partial charge on any atom is 0.125 e. The summed E-state index contributed by atoms with van der Waals surface area (Å²) in [6, 6.07) is 5.14. The third-order valence-electron chi connectivity index (χ3n) is 3.72. The van der Waals surface area contributed by atoms with Gasteiger partial charge in [-0.05, 0) is 23.1 Å². The first kappa shape index (κ1) is 11.4. The van der Waals surface area contributed by atoms with Crippen LogP contribution in [0, 0.1) is 11.2 Å². The van der Waals surface area contributed by atoms with E-state index in [-0.39, 0.29) is 17.3 Å². The van der Waals surface area contributed by atoms with Gasteiger partial charge in [0.05, 0.1) is 0 Å². The summed E-state index contributed by atoms with van der Waals surface area (Å²) in [4.78, 5) is 1.94. The molecule has 2 N–H and O–H groups in total. The van der Waals surface area contributed by atoms with Crippen LogP contribution in [0.25, 0.3) is 0 Å². The largest absolute Gasteiger partial charge is 0.377 e. The maximum absolute atomic E-state index is 13.2. The molecule has 0 spiro atoms. The lowest BCUT2D eigenvalue weighted by molar-refractivity contribution is 0.597. The van der Waals surface area contributed by atoms with Crippen LogP contribution in [0.2, 0.25) is 0 Å². The van der Waals surface area contributed by atoms with Gasteiger partial charge in [-0.1, -0.05) is 19.9 Å². The van der Waals surface area contributed by atoms with Crippen molar-refractivity contribution in [2.75, 3.05) is 19.0 Å². The smallest absolute Gasteiger partial charge is 0.125 e. The van der Waals surface area contributed by atoms with Gasteiger partial charge in [0.25, 0.3) is 0 Å². The fourth-order valence-corrected chi connectivity index (χ4v) is 2.44. The molecular weight excluding hydrogens is 203 g/mol. The molecule has 0 saturated heterocycles. The topological polar surface area (TPSA) is 29.3 Å². The lowest BCUT2D eigenvalue weighted by Gasteiger charge is -2.18. The molecule has 1 saturated carbocycles. The van der Waals surface area contributed by atoms with Crippen LogP contribution in [-0.4, -0.2) is 20.1 Å². The van der Waals surface area contributed by atoms with Gasteiger partial charge in [0, 0.05) is 31.7 Å². The Kier molecular flexibility index (Phi) is 2.46. The SMILES string of the molecule is CN(C)c1cc(F)ccc1[C@H]1[C@H](N)C1(C)C. The first-order valence-electron chi connectivity index (χ1n) is 5.58. The Labute approximate surface area is 96.2 Å². The van der Waals surface area contributed by atoms with Crippen molar-refractivity contribution in [1.82, 2.24) is 0 Å². The van der Waals surface area contributed by atoms with Crippen LogP contribution in [0.1, 0.15) is 25.3 Å². The highest BCUT2D eigenvalue weighted by Crippen LogP contribution is 2.58. The summed E-state index contributed by atoms with van der Waals surface area (Å²) in [5.41, 5.74) is 8.29. The molecule has 0 aliphatic heterocycles. The first-order chi connectivity index (χ1) is 7.35. The zero-order chi connectivity index (χ0) is 12.1. The van der Waals surface area contributed by atoms with Gasteiger partial charge in [-0.2, -0.15) is 0 Å². The van der Waals surface area contributed by atoms with Crippen molar-refractivity contribution in [1.29, 1.82) is 0 Å². The van der Waals surface area contributed by atoms with E-state index in [2.05, 4.69) is 13.8 Å². The summed E-state index contributed by atoms with van der Waals surface area (Å²) >= 11 is 0. The van der Waals surface area contributed by atoms with Crippen LogP contribution >= 0.6 is 0 Å². The lowest BCUT2D eigenvalue weighted by Crippen LogP contribution is -2.12. The number of halogens is 1. The van der Waals surface area contributed by atoms with E-state index < -0.39 is 0 Å². The van der Waals surface area contributed by atoms with Crippen molar-refractivity contribution in [3.63, 3.8) is 0 Å². The third kappa shape index (κ3) is 1.59. The van der Waals surface area contributed by atoms with E-state index in [9.17, 15) is 4.39 Å². The minimum absolute atomic E-state index is 0.128. The quantitative estimate of drug-likeness (QED) is 0.832. The summed E-state index contributed by atoms with van der Waals surface area (Å²) < 4.78 is 13.2. The molecule has 16 heavy (non-hydrogen) atoms. The molecule has 0 bridgehead atoms. The molecule has 1 aliphatic carbocycles. The average Bonchev–Trinajstić information content (AvgIpc) is 2.67. The summed E-state index contributed by atoms with van der Waals surface area (Å²) in [5, 5.41) is 0. The molecular formula is C13H19FN2. The van der Waals surface area contributed by atoms with Crippen LogP contribution < -0.4 is 10.6 Å². The fourth-order valence-electron chi connectivity index (χ4n) is 2.44. The Bertz CT molecular complexity index is 412. The predicted molar refractivity (Wildman–Crippen MR) is 65.2 cm³/mol. The molecule has 0 unspecified atom stereocenters. The zero-order valence-electron chi connectivity index (χ0n) is 10.3. The van der Waals surface area contributed by atoms with E-state index in [1.54, 1.807) is 6.07 Å². The van der Waals surface area contributed by atoms with Crippen molar-refractivity contribution in [2.45, 2.75) is 25.8 Å². The standard InChI is InChI=1S/C13H19FN2/c1-13(2)11(12(13)15)9-6-5-8(14)7-10(9)16(3)4/h5-7,11-12H,15H2,1-4H3/t11-,12-/m0/s1. The normalized spacial score (nSPS) is 26.6. The molecule has 0 amide bonds. The molecule has 0 heterocycles. The molecule has 3 heteroatoms.